The molecule has 0 aliphatic carbocycles. The molecule has 0 aromatic heterocycles. The number of rotatable bonds is 11. The number of carbonyl (C=O) groups excluding carboxylic acids is 1. The summed E-state index contributed by atoms with van der Waals surface area (Å²) in [5.74, 6) is -0.347. The molecule has 0 bridgehead atoms. The highest BCUT2D eigenvalue weighted by Crippen LogP contribution is 2.36. The van der Waals surface area contributed by atoms with Gasteiger partial charge in [-0.2, -0.15) is 0 Å². The van der Waals surface area contributed by atoms with Gasteiger partial charge in [-0.1, -0.05) is 91.0 Å². The number of esters is 1. The van der Waals surface area contributed by atoms with E-state index in [0.29, 0.717) is 44.6 Å². The second kappa shape index (κ2) is 14.4. The molecule has 210 valence electrons. The molecule has 0 saturated carbocycles. The zero-order valence-corrected chi connectivity index (χ0v) is 23.0. The fraction of sp³-hybridized carbons (Fsp3) is 0.382. The molecule has 2 fully saturated rings. The lowest BCUT2D eigenvalue weighted by molar-refractivity contribution is -0.257. The Bertz CT molecular complexity index is 1200. The van der Waals surface area contributed by atoms with E-state index in [9.17, 15) is 4.79 Å². The monoisotopic (exact) mass is 542 g/mol. The van der Waals surface area contributed by atoms with Gasteiger partial charge < -0.3 is 23.7 Å². The third kappa shape index (κ3) is 7.67. The molecule has 6 atom stereocenters. The number of hydrogen-bond acceptors (Lipinski definition) is 6. The fourth-order valence-corrected chi connectivity index (χ4v) is 5.32. The lowest BCUT2D eigenvalue weighted by Gasteiger charge is -2.47. The van der Waals surface area contributed by atoms with Gasteiger partial charge in [-0.3, -0.25) is 0 Å². The van der Waals surface area contributed by atoms with Crippen LogP contribution in [0.2, 0.25) is 0 Å². The van der Waals surface area contributed by atoms with Crippen molar-refractivity contribution in [2.45, 2.75) is 76.0 Å². The Morgan fingerprint density at radius 3 is 2.00 bits per heavy atom. The second-order valence-corrected chi connectivity index (χ2v) is 10.3. The molecule has 0 unspecified atom stereocenters. The van der Waals surface area contributed by atoms with Crippen LogP contribution >= 0.6 is 0 Å². The van der Waals surface area contributed by atoms with Gasteiger partial charge in [0.2, 0.25) is 0 Å². The summed E-state index contributed by atoms with van der Waals surface area (Å²) in [5.41, 5.74) is 2.75. The number of ether oxygens (including phenoxy) is 5. The van der Waals surface area contributed by atoms with Crippen LogP contribution in [-0.4, -0.2) is 49.2 Å². The largest absolute Gasteiger partial charge is 0.456 e. The molecule has 6 heteroatoms. The maximum absolute atomic E-state index is 12.9. The van der Waals surface area contributed by atoms with E-state index < -0.39 is 6.10 Å². The van der Waals surface area contributed by atoms with E-state index in [0.717, 1.165) is 11.1 Å². The molecule has 3 aromatic carbocycles. The minimum Gasteiger partial charge on any atom is -0.456 e. The highest BCUT2D eigenvalue weighted by atomic mass is 16.6. The molecule has 5 rings (SSSR count). The van der Waals surface area contributed by atoms with Crippen LogP contribution in [0.3, 0.4) is 0 Å². The van der Waals surface area contributed by atoms with Crippen LogP contribution in [0.15, 0.2) is 103 Å². The van der Waals surface area contributed by atoms with Crippen LogP contribution in [0.1, 0.15) is 47.7 Å². The normalized spacial score (nSPS) is 26.3. The van der Waals surface area contributed by atoms with Gasteiger partial charge in [0.15, 0.2) is 0 Å². The molecule has 2 aliphatic rings. The number of fused-ring (bicyclic) bond motifs is 1. The summed E-state index contributed by atoms with van der Waals surface area (Å²) >= 11 is 0. The Balaban J connectivity index is 1.28. The quantitative estimate of drug-likeness (QED) is 0.209. The summed E-state index contributed by atoms with van der Waals surface area (Å²) in [5, 5.41) is 0. The molecule has 0 amide bonds. The first kappa shape index (κ1) is 28.2. The summed E-state index contributed by atoms with van der Waals surface area (Å²) in [6.07, 6.45) is 4.44. The zero-order chi connectivity index (χ0) is 27.6. The highest BCUT2D eigenvalue weighted by molar-refractivity contribution is 5.89. The van der Waals surface area contributed by atoms with Crippen LogP contribution in [-0.2, 0) is 36.9 Å². The van der Waals surface area contributed by atoms with Gasteiger partial charge in [-0.05, 0) is 36.6 Å². The third-order valence-electron chi connectivity index (χ3n) is 7.44. The molecule has 3 aromatic rings. The number of carbonyl (C=O) groups is 1. The standard InChI is InChI=1S/C34H38O6/c1-2-3-19-28-30(40-34(35)27-17-11-6-12-18-27)21-32-31(38-28)20-29(37-23-26-15-9-5-10-16-26)33(39-32)24-36-22-25-13-7-4-8-14-25/h2-18,28-33H,19-24H2,1H3/b3-2+/t28-,29-,30+,31+,32-,33+/m0/s1. The Morgan fingerprint density at radius 2 is 1.35 bits per heavy atom. The molecule has 6 nitrogen and oxygen atoms in total. The van der Waals surface area contributed by atoms with Gasteiger partial charge in [0.25, 0.3) is 0 Å². The Kier molecular flexibility index (Phi) is 10.2. The Morgan fingerprint density at radius 1 is 0.775 bits per heavy atom. The first-order chi connectivity index (χ1) is 19.7. The second-order valence-electron chi connectivity index (χ2n) is 10.3. The van der Waals surface area contributed by atoms with Crippen LogP contribution in [0, 0.1) is 0 Å². The van der Waals surface area contributed by atoms with Gasteiger partial charge in [0.1, 0.15) is 12.2 Å². The Hall–Kier alpha value is -3.29. The summed E-state index contributed by atoms with van der Waals surface area (Å²) in [4.78, 5) is 12.9. The molecule has 40 heavy (non-hydrogen) atoms. The predicted octanol–water partition coefficient (Wildman–Crippen LogP) is 6.30. The molecule has 2 heterocycles. The summed E-state index contributed by atoms with van der Waals surface area (Å²) in [7, 11) is 0. The topological polar surface area (TPSA) is 63.2 Å². The predicted molar refractivity (Wildman–Crippen MR) is 153 cm³/mol. The molecule has 2 aliphatic heterocycles. The first-order valence-corrected chi connectivity index (χ1v) is 14.1. The highest BCUT2D eigenvalue weighted by Gasteiger charge is 2.47. The Labute approximate surface area is 236 Å². The molecule has 0 N–H and O–H groups in total. The van der Waals surface area contributed by atoms with Crippen molar-refractivity contribution in [3.8, 4) is 0 Å². The maximum Gasteiger partial charge on any atom is 0.338 e. The van der Waals surface area contributed by atoms with E-state index in [1.807, 2.05) is 79.7 Å². The van der Waals surface area contributed by atoms with Gasteiger partial charge in [0, 0.05) is 12.8 Å². The molecular weight excluding hydrogens is 504 g/mol. The van der Waals surface area contributed by atoms with E-state index in [-0.39, 0.29) is 36.5 Å². The van der Waals surface area contributed by atoms with Crippen molar-refractivity contribution in [3.05, 3.63) is 120 Å². The summed E-state index contributed by atoms with van der Waals surface area (Å²) in [6.45, 7) is 3.36. The third-order valence-corrected chi connectivity index (χ3v) is 7.44. The number of allylic oxidation sites excluding steroid dienone is 1. The van der Waals surface area contributed by atoms with Gasteiger partial charge >= 0.3 is 5.97 Å². The molecule has 0 spiro atoms. The van der Waals surface area contributed by atoms with Gasteiger partial charge in [-0.25, -0.2) is 4.79 Å². The molecule has 0 radical (unpaired) electrons. The van der Waals surface area contributed by atoms with Crippen molar-refractivity contribution in [1.82, 2.24) is 0 Å². The van der Waals surface area contributed by atoms with E-state index in [1.165, 1.54) is 0 Å². The van der Waals surface area contributed by atoms with Crippen LogP contribution < -0.4 is 0 Å². The van der Waals surface area contributed by atoms with Crippen LogP contribution in [0.5, 0.6) is 0 Å². The van der Waals surface area contributed by atoms with Crippen molar-refractivity contribution >= 4 is 5.97 Å². The lowest BCUT2D eigenvalue weighted by Crippen LogP contribution is -2.57. The van der Waals surface area contributed by atoms with Crippen LogP contribution in [0.4, 0.5) is 0 Å². The zero-order valence-electron chi connectivity index (χ0n) is 23.0. The molecule has 2 saturated heterocycles. The van der Waals surface area contributed by atoms with E-state index in [1.54, 1.807) is 12.1 Å². The lowest BCUT2D eigenvalue weighted by atomic mass is 9.89. The minimum absolute atomic E-state index is 0.159. The number of hydrogen-bond donors (Lipinski definition) is 0. The van der Waals surface area contributed by atoms with Gasteiger partial charge in [-0.15, -0.1) is 0 Å². The van der Waals surface area contributed by atoms with E-state index in [2.05, 4.69) is 18.2 Å². The smallest absolute Gasteiger partial charge is 0.338 e. The maximum atomic E-state index is 12.9. The van der Waals surface area contributed by atoms with Crippen molar-refractivity contribution in [1.29, 1.82) is 0 Å². The minimum atomic E-state index is -0.419. The van der Waals surface area contributed by atoms with Crippen molar-refractivity contribution in [2.24, 2.45) is 0 Å². The van der Waals surface area contributed by atoms with Gasteiger partial charge in [0.05, 0.1) is 49.8 Å². The van der Waals surface area contributed by atoms with Crippen molar-refractivity contribution in [2.75, 3.05) is 6.61 Å². The van der Waals surface area contributed by atoms with E-state index >= 15 is 0 Å². The summed E-state index contributed by atoms with van der Waals surface area (Å²) < 4.78 is 31.7. The average Bonchev–Trinajstić information content (AvgIpc) is 3.00. The summed E-state index contributed by atoms with van der Waals surface area (Å²) in [6, 6.07) is 29.3. The SMILES string of the molecule is C/C=C/C[C@@H]1O[C@@H]2C[C@H](OCc3ccccc3)[C@@H](COCc3ccccc3)O[C@H]2C[C@H]1OC(=O)c1ccccc1. The first-order valence-electron chi connectivity index (χ1n) is 14.1. The van der Waals surface area contributed by atoms with Crippen molar-refractivity contribution in [3.63, 3.8) is 0 Å². The fourth-order valence-electron chi connectivity index (χ4n) is 5.32. The molecular formula is C34H38O6. The average molecular weight is 543 g/mol. The van der Waals surface area contributed by atoms with E-state index in [4.69, 9.17) is 23.7 Å². The van der Waals surface area contributed by atoms with Crippen molar-refractivity contribution < 1.29 is 28.5 Å². The van der Waals surface area contributed by atoms with Crippen LogP contribution in [0.25, 0.3) is 0 Å². The number of benzene rings is 3.